The molecule has 0 spiro atoms. The highest BCUT2D eigenvalue weighted by Gasteiger charge is 2.28. The first kappa shape index (κ1) is 15.0. The number of oxime groups is 1. The van der Waals surface area contributed by atoms with Gasteiger partial charge in [-0.05, 0) is 31.0 Å². The SMILES string of the molecule is COc1ccc(O)c(C(=O)N2CCCC(C(N)=NO)C2)c1. The van der Waals surface area contributed by atoms with E-state index >= 15 is 0 Å². The number of phenolic OH excluding ortho intramolecular Hbond substituents is 1. The van der Waals surface area contributed by atoms with Gasteiger partial charge in [0.15, 0.2) is 0 Å². The van der Waals surface area contributed by atoms with Gasteiger partial charge in [0.2, 0.25) is 0 Å². The zero-order valence-electron chi connectivity index (χ0n) is 11.8. The lowest BCUT2D eigenvalue weighted by atomic mass is 9.96. The number of amides is 1. The molecule has 1 aliphatic heterocycles. The van der Waals surface area contributed by atoms with E-state index in [4.69, 9.17) is 15.7 Å². The van der Waals surface area contributed by atoms with Crippen molar-refractivity contribution in [2.75, 3.05) is 20.2 Å². The first-order chi connectivity index (χ1) is 10.1. The molecule has 0 aromatic heterocycles. The molecule has 0 radical (unpaired) electrons. The standard InChI is InChI=1S/C14H19N3O4/c1-21-10-4-5-12(18)11(7-10)14(19)17-6-2-3-9(8-17)13(15)16-20/h4-5,7,9,18,20H,2-3,6,8H2,1H3,(H2,15,16). The Kier molecular flexibility index (Phi) is 4.52. The fourth-order valence-electron chi connectivity index (χ4n) is 2.47. The Hall–Kier alpha value is -2.44. The number of likely N-dealkylation sites (tertiary alicyclic amines) is 1. The van der Waals surface area contributed by atoms with Gasteiger partial charge in [0, 0.05) is 19.0 Å². The van der Waals surface area contributed by atoms with E-state index in [0.29, 0.717) is 18.8 Å². The van der Waals surface area contributed by atoms with Gasteiger partial charge < -0.3 is 25.7 Å². The molecular formula is C14H19N3O4. The molecule has 1 aliphatic rings. The number of hydrogen-bond donors (Lipinski definition) is 3. The van der Waals surface area contributed by atoms with Crippen LogP contribution in [0.3, 0.4) is 0 Å². The zero-order chi connectivity index (χ0) is 15.4. The number of ether oxygens (including phenoxy) is 1. The first-order valence-electron chi connectivity index (χ1n) is 6.70. The summed E-state index contributed by atoms with van der Waals surface area (Å²) in [5.41, 5.74) is 5.81. The lowest BCUT2D eigenvalue weighted by Gasteiger charge is -2.32. The monoisotopic (exact) mass is 293 g/mol. The van der Waals surface area contributed by atoms with Crippen molar-refractivity contribution in [3.05, 3.63) is 23.8 Å². The summed E-state index contributed by atoms with van der Waals surface area (Å²) in [5, 5.41) is 21.6. The number of aromatic hydroxyl groups is 1. The Morgan fingerprint density at radius 1 is 1.52 bits per heavy atom. The molecule has 1 saturated heterocycles. The molecule has 1 aromatic rings. The van der Waals surface area contributed by atoms with Crippen molar-refractivity contribution in [1.82, 2.24) is 4.90 Å². The molecule has 1 fully saturated rings. The van der Waals surface area contributed by atoms with Crippen molar-refractivity contribution in [3.63, 3.8) is 0 Å². The Labute approximate surface area is 122 Å². The maximum Gasteiger partial charge on any atom is 0.257 e. The highest BCUT2D eigenvalue weighted by Crippen LogP contribution is 2.26. The minimum absolute atomic E-state index is 0.0910. The minimum atomic E-state index is -0.290. The molecule has 1 amide bonds. The summed E-state index contributed by atoms with van der Waals surface area (Å²) in [6.45, 7) is 0.941. The van der Waals surface area contributed by atoms with E-state index in [1.165, 1.54) is 19.2 Å². The Bertz CT molecular complexity index is 559. The molecule has 7 nitrogen and oxygen atoms in total. The van der Waals surface area contributed by atoms with Crippen molar-refractivity contribution < 1.29 is 19.8 Å². The quantitative estimate of drug-likeness (QED) is 0.333. The molecule has 1 heterocycles. The van der Waals surface area contributed by atoms with E-state index < -0.39 is 0 Å². The third-order valence-electron chi connectivity index (χ3n) is 3.68. The van der Waals surface area contributed by atoms with Crippen LogP contribution < -0.4 is 10.5 Å². The molecule has 0 saturated carbocycles. The number of nitrogens with zero attached hydrogens (tertiary/aromatic N) is 2. The van der Waals surface area contributed by atoms with Crippen LogP contribution in [0.4, 0.5) is 0 Å². The number of nitrogens with two attached hydrogens (primary N) is 1. The molecule has 114 valence electrons. The summed E-state index contributed by atoms with van der Waals surface area (Å²) in [5.74, 6) is 0.0810. The average Bonchev–Trinajstić information content (AvgIpc) is 2.54. The van der Waals surface area contributed by atoms with E-state index in [1.807, 2.05) is 0 Å². The van der Waals surface area contributed by atoms with Crippen molar-refractivity contribution in [2.45, 2.75) is 12.8 Å². The highest BCUT2D eigenvalue weighted by molar-refractivity contribution is 5.97. The van der Waals surface area contributed by atoms with Gasteiger partial charge in [0.25, 0.3) is 5.91 Å². The lowest BCUT2D eigenvalue weighted by Crippen LogP contribution is -2.44. The topological polar surface area (TPSA) is 108 Å². The third-order valence-corrected chi connectivity index (χ3v) is 3.68. The van der Waals surface area contributed by atoms with Crippen LogP contribution in [-0.4, -0.2) is 47.2 Å². The average molecular weight is 293 g/mol. The van der Waals surface area contributed by atoms with Crippen molar-refractivity contribution in [2.24, 2.45) is 16.8 Å². The molecule has 1 aromatic carbocycles. The number of amidine groups is 1. The van der Waals surface area contributed by atoms with E-state index in [1.54, 1.807) is 11.0 Å². The summed E-state index contributed by atoms with van der Waals surface area (Å²) in [7, 11) is 1.50. The van der Waals surface area contributed by atoms with Crippen LogP contribution in [0.5, 0.6) is 11.5 Å². The number of phenols is 1. The fourth-order valence-corrected chi connectivity index (χ4v) is 2.47. The number of rotatable bonds is 3. The number of benzene rings is 1. The molecule has 0 aliphatic carbocycles. The Balaban J connectivity index is 2.19. The first-order valence-corrected chi connectivity index (χ1v) is 6.70. The fraction of sp³-hybridized carbons (Fsp3) is 0.429. The minimum Gasteiger partial charge on any atom is -0.507 e. The Morgan fingerprint density at radius 2 is 2.29 bits per heavy atom. The van der Waals surface area contributed by atoms with Crippen molar-refractivity contribution in [3.8, 4) is 11.5 Å². The number of carbonyl (C=O) groups excluding carboxylic acids is 1. The summed E-state index contributed by atoms with van der Waals surface area (Å²) in [6, 6.07) is 4.52. The molecule has 7 heteroatoms. The maximum atomic E-state index is 12.5. The number of methoxy groups -OCH3 is 1. The summed E-state index contributed by atoms with van der Waals surface area (Å²) in [6.07, 6.45) is 1.53. The normalized spacial score (nSPS) is 19.4. The van der Waals surface area contributed by atoms with Crippen molar-refractivity contribution >= 4 is 11.7 Å². The largest absolute Gasteiger partial charge is 0.507 e. The van der Waals surface area contributed by atoms with Crippen LogP contribution in [0.2, 0.25) is 0 Å². The Morgan fingerprint density at radius 3 is 2.95 bits per heavy atom. The van der Waals surface area contributed by atoms with E-state index in [0.717, 1.165) is 12.8 Å². The molecule has 1 unspecified atom stereocenters. The molecule has 21 heavy (non-hydrogen) atoms. The second-order valence-electron chi connectivity index (χ2n) is 5.00. The van der Waals surface area contributed by atoms with E-state index in [2.05, 4.69) is 5.16 Å². The highest BCUT2D eigenvalue weighted by atomic mass is 16.5. The summed E-state index contributed by atoms with van der Waals surface area (Å²) in [4.78, 5) is 14.1. The summed E-state index contributed by atoms with van der Waals surface area (Å²) >= 11 is 0. The number of piperidine rings is 1. The van der Waals surface area contributed by atoms with Gasteiger partial charge in [0.05, 0.1) is 12.7 Å². The predicted octanol–water partition coefficient (Wildman–Crippen LogP) is 0.999. The van der Waals surface area contributed by atoms with E-state index in [-0.39, 0.29) is 29.0 Å². The number of hydrogen-bond acceptors (Lipinski definition) is 5. The lowest BCUT2D eigenvalue weighted by molar-refractivity contribution is 0.0698. The second kappa shape index (κ2) is 6.34. The third kappa shape index (κ3) is 3.18. The van der Waals surface area contributed by atoms with Gasteiger partial charge >= 0.3 is 0 Å². The number of carbonyl (C=O) groups is 1. The van der Waals surface area contributed by atoms with Crippen LogP contribution in [-0.2, 0) is 0 Å². The zero-order valence-corrected chi connectivity index (χ0v) is 11.8. The molecule has 1 atom stereocenters. The van der Waals surface area contributed by atoms with Crippen LogP contribution in [0, 0.1) is 5.92 Å². The maximum absolute atomic E-state index is 12.5. The van der Waals surface area contributed by atoms with Crippen LogP contribution >= 0.6 is 0 Å². The molecular weight excluding hydrogens is 274 g/mol. The predicted molar refractivity (Wildman–Crippen MR) is 76.7 cm³/mol. The van der Waals surface area contributed by atoms with Gasteiger partial charge in [-0.2, -0.15) is 0 Å². The molecule has 2 rings (SSSR count). The second-order valence-corrected chi connectivity index (χ2v) is 5.00. The van der Waals surface area contributed by atoms with Gasteiger partial charge in [-0.3, -0.25) is 4.79 Å². The van der Waals surface area contributed by atoms with Crippen molar-refractivity contribution in [1.29, 1.82) is 0 Å². The van der Waals surface area contributed by atoms with Crippen LogP contribution in [0.15, 0.2) is 23.4 Å². The van der Waals surface area contributed by atoms with Crippen LogP contribution in [0.25, 0.3) is 0 Å². The smallest absolute Gasteiger partial charge is 0.257 e. The van der Waals surface area contributed by atoms with Crippen LogP contribution in [0.1, 0.15) is 23.2 Å². The van der Waals surface area contributed by atoms with Gasteiger partial charge in [-0.15, -0.1) is 0 Å². The van der Waals surface area contributed by atoms with E-state index in [9.17, 15) is 9.90 Å². The van der Waals surface area contributed by atoms with Gasteiger partial charge in [0.1, 0.15) is 17.3 Å². The summed E-state index contributed by atoms with van der Waals surface area (Å²) < 4.78 is 5.07. The molecule has 0 bridgehead atoms. The van der Waals surface area contributed by atoms with Gasteiger partial charge in [-0.25, -0.2) is 0 Å². The van der Waals surface area contributed by atoms with Gasteiger partial charge in [-0.1, -0.05) is 5.16 Å². The molecule has 4 N–H and O–H groups in total.